The molecule has 1 aliphatic carbocycles. The molecule has 3 aliphatic rings. The van der Waals surface area contributed by atoms with E-state index in [1.807, 2.05) is 4.90 Å². The molecular weight excluding hydrogens is 314 g/mol. The van der Waals surface area contributed by atoms with E-state index in [0.29, 0.717) is 12.6 Å². The van der Waals surface area contributed by atoms with Gasteiger partial charge in [-0.3, -0.25) is 9.59 Å². The van der Waals surface area contributed by atoms with Crippen LogP contribution in [0.15, 0.2) is 0 Å². The number of nitrogens with one attached hydrogen (secondary N) is 2. The largest absolute Gasteiger partial charge is 0.354 e. The zero-order valence-corrected chi connectivity index (χ0v) is 14.7. The summed E-state index contributed by atoms with van der Waals surface area (Å²) < 4.78 is 0. The summed E-state index contributed by atoms with van der Waals surface area (Å²) >= 11 is 0. The minimum Gasteiger partial charge on any atom is -0.354 e. The van der Waals surface area contributed by atoms with Gasteiger partial charge in [0, 0.05) is 37.5 Å². The van der Waals surface area contributed by atoms with Crippen LogP contribution in [-0.4, -0.2) is 48.9 Å². The first-order valence-corrected chi connectivity index (χ1v) is 9.05. The summed E-state index contributed by atoms with van der Waals surface area (Å²) in [6, 6.07) is 0.417. The first kappa shape index (κ1) is 18.5. The van der Waals surface area contributed by atoms with Crippen LogP contribution in [0, 0.1) is 11.8 Å². The van der Waals surface area contributed by atoms with E-state index >= 15 is 0 Å². The van der Waals surface area contributed by atoms with E-state index in [1.165, 1.54) is 6.42 Å². The van der Waals surface area contributed by atoms with Gasteiger partial charge in [0.05, 0.1) is 0 Å². The molecular formula is C17H30ClN3O2. The number of nitrogens with zero attached hydrogens (tertiary/aromatic N) is 1. The summed E-state index contributed by atoms with van der Waals surface area (Å²) in [5, 5.41) is 6.50. The van der Waals surface area contributed by atoms with E-state index in [0.717, 1.165) is 64.6 Å². The zero-order valence-electron chi connectivity index (χ0n) is 13.9. The molecule has 2 aliphatic heterocycles. The van der Waals surface area contributed by atoms with Gasteiger partial charge in [-0.2, -0.15) is 0 Å². The highest BCUT2D eigenvalue weighted by Gasteiger charge is 2.38. The summed E-state index contributed by atoms with van der Waals surface area (Å²) in [7, 11) is 0. The zero-order chi connectivity index (χ0) is 15.4. The van der Waals surface area contributed by atoms with Crippen molar-refractivity contribution < 1.29 is 9.59 Å². The van der Waals surface area contributed by atoms with Gasteiger partial charge in [0.15, 0.2) is 0 Å². The van der Waals surface area contributed by atoms with Gasteiger partial charge in [0.1, 0.15) is 0 Å². The number of halogens is 1. The second-order valence-corrected chi connectivity index (χ2v) is 7.07. The van der Waals surface area contributed by atoms with E-state index in [2.05, 4.69) is 10.6 Å². The predicted octanol–water partition coefficient (Wildman–Crippen LogP) is 1.71. The lowest BCUT2D eigenvalue weighted by atomic mass is 9.78. The van der Waals surface area contributed by atoms with Gasteiger partial charge in [-0.25, -0.2) is 0 Å². The molecule has 132 valence electrons. The Bertz CT molecular complexity index is 407. The summed E-state index contributed by atoms with van der Waals surface area (Å²) in [6.45, 7) is 3.53. The molecule has 3 atom stereocenters. The van der Waals surface area contributed by atoms with Crippen molar-refractivity contribution in [1.82, 2.24) is 15.5 Å². The Hall–Kier alpha value is -0.810. The van der Waals surface area contributed by atoms with E-state index in [9.17, 15) is 9.59 Å². The fourth-order valence-corrected chi connectivity index (χ4v) is 4.20. The van der Waals surface area contributed by atoms with Crippen molar-refractivity contribution in [3.63, 3.8) is 0 Å². The van der Waals surface area contributed by atoms with Crippen molar-refractivity contribution in [2.24, 2.45) is 11.8 Å². The lowest BCUT2D eigenvalue weighted by Gasteiger charge is -2.32. The molecule has 1 saturated carbocycles. The molecule has 0 radical (unpaired) electrons. The fraction of sp³-hybridized carbons (Fsp3) is 0.882. The number of amides is 2. The first-order chi connectivity index (χ1) is 10.8. The highest BCUT2D eigenvalue weighted by atomic mass is 35.5. The van der Waals surface area contributed by atoms with Crippen LogP contribution in [0.5, 0.6) is 0 Å². The van der Waals surface area contributed by atoms with Crippen molar-refractivity contribution in [1.29, 1.82) is 0 Å². The molecule has 5 nitrogen and oxygen atoms in total. The Morgan fingerprint density at radius 3 is 2.30 bits per heavy atom. The third kappa shape index (κ3) is 4.60. The highest BCUT2D eigenvalue weighted by molar-refractivity contribution is 5.88. The van der Waals surface area contributed by atoms with Gasteiger partial charge in [0.25, 0.3) is 0 Å². The van der Waals surface area contributed by atoms with Crippen LogP contribution < -0.4 is 10.6 Å². The van der Waals surface area contributed by atoms with E-state index in [-0.39, 0.29) is 36.1 Å². The van der Waals surface area contributed by atoms with Gasteiger partial charge < -0.3 is 15.5 Å². The van der Waals surface area contributed by atoms with Crippen LogP contribution in [0.3, 0.4) is 0 Å². The van der Waals surface area contributed by atoms with Crippen LogP contribution in [0.1, 0.15) is 51.4 Å². The SMILES string of the molecule is Cl.O=C(NCC1CCCN1)C1CCCCC1C(=O)N1CCCC1. The molecule has 2 amide bonds. The Morgan fingerprint density at radius 1 is 0.957 bits per heavy atom. The summed E-state index contributed by atoms with van der Waals surface area (Å²) in [5.41, 5.74) is 0. The molecule has 23 heavy (non-hydrogen) atoms. The van der Waals surface area contributed by atoms with Crippen molar-refractivity contribution in [3.05, 3.63) is 0 Å². The van der Waals surface area contributed by atoms with Crippen molar-refractivity contribution in [2.45, 2.75) is 57.4 Å². The molecule has 2 heterocycles. The van der Waals surface area contributed by atoms with Gasteiger partial charge in [-0.1, -0.05) is 12.8 Å². The second-order valence-electron chi connectivity index (χ2n) is 7.07. The fourth-order valence-electron chi connectivity index (χ4n) is 4.20. The Labute approximate surface area is 145 Å². The third-order valence-corrected chi connectivity index (χ3v) is 5.52. The van der Waals surface area contributed by atoms with Gasteiger partial charge >= 0.3 is 0 Å². The predicted molar refractivity (Wildman–Crippen MR) is 92.5 cm³/mol. The monoisotopic (exact) mass is 343 g/mol. The lowest BCUT2D eigenvalue weighted by Crippen LogP contribution is -2.46. The maximum atomic E-state index is 12.7. The minimum atomic E-state index is -0.108. The maximum absolute atomic E-state index is 12.7. The van der Waals surface area contributed by atoms with Crippen LogP contribution >= 0.6 is 12.4 Å². The normalized spacial score (nSPS) is 30.8. The number of hydrogen-bond acceptors (Lipinski definition) is 3. The molecule has 3 rings (SSSR count). The van der Waals surface area contributed by atoms with Crippen LogP contribution in [0.25, 0.3) is 0 Å². The average molecular weight is 344 g/mol. The quantitative estimate of drug-likeness (QED) is 0.816. The molecule has 2 saturated heterocycles. The maximum Gasteiger partial charge on any atom is 0.226 e. The van der Waals surface area contributed by atoms with E-state index in [4.69, 9.17) is 0 Å². The standard InChI is InChI=1S/C17H29N3O2.ClH/c21-16(19-12-13-6-5-9-18-13)14-7-1-2-8-15(14)17(22)20-10-3-4-11-20;/h13-15,18H,1-12H2,(H,19,21);1H. The molecule has 0 bridgehead atoms. The van der Waals surface area contributed by atoms with Gasteiger partial charge in [-0.15, -0.1) is 12.4 Å². The number of carbonyl (C=O) groups is 2. The second kappa shape index (κ2) is 8.88. The first-order valence-electron chi connectivity index (χ1n) is 9.05. The number of carbonyl (C=O) groups excluding carboxylic acids is 2. The van der Waals surface area contributed by atoms with Crippen molar-refractivity contribution >= 4 is 24.2 Å². The molecule has 3 fully saturated rings. The summed E-state index contributed by atoms with van der Waals surface area (Å²) in [4.78, 5) is 27.3. The molecule has 0 aromatic heterocycles. The van der Waals surface area contributed by atoms with E-state index < -0.39 is 0 Å². The molecule has 6 heteroatoms. The Kier molecular flexibility index (Phi) is 7.15. The van der Waals surface area contributed by atoms with Gasteiger partial charge in [-0.05, 0) is 45.1 Å². The van der Waals surface area contributed by atoms with E-state index in [1.54, 1.807) is 0 Å². The molecule has 0 spiro atoms. The topological polar surface area (TPSA) is 61.4 Å². The van der Waals surface area contributed by atoms with Crippen molar-refractivity contribution in [3.8, 4) is 0 Å². The third-order valence-electron chi connectivity index (χ3n) is 5.52. The van der Waals surface area contributed by atoms with Gasteiger partial charge in [0.2, 0.25) is 11.8 Å². The highest BCUT2D eigenvalue weighted by Crippen LogP contribution is 2.32. The van der Waals surface area contributed by atoms with Crippen LogP contribution in [-0.2, 0) is 9.59 Å². The molecule has 0 aromatic carbocycles. The number of likely N-dealkylation sites (tertiary alicyclic amines) is 1. The number of rotatable bonds is 4. The summed E-state index contributed by atoms with van der Waals surface area (Å²) in [6.07, 6.45) is 8.47. The van der Waals surface area contributed by atoms with Crippen LogP contribution in [0.4, 0.5) is 0 Å². The Balaban J connectivity index is 0.00000192. The molecule has 3 unspecified atom stereocenters. The molecule has 0 aromatic rings. The Morgan fingerprint density at radius 2 is 1.65 bits per heavy atom. The molecule has 2 N–H and O–H groups in total. The average Bonchev–Trinajstić information content (AvgIpc) is 3.25. The minimum absolute atomic E-state index is 0. The van der Waals surface area contributed by atoms with Crippen molar-refractivity contribution in [2.75, 3.05) is 26.2 Å². The number of hydrogen-bond donors (Lipinski definition) is 2. The smallest absolute Gasteiger partial charge is 0.226 e. The lowest BCUT2D eigenvalue weighted by molar-refractivity contribution is -0.142. The summed E-state index contributed by atoms with van der Waals surface area (Å²) in [5.74, 6) is 0.147. The van der Waals surface area contributed by atoms with Crippen LogP contribution in [0.2, 0.25) is 0 Å².